The summed E-state index contributed by atoms with van der Waals surface area (Å²) in [5.41, 5.74) is 4.76. The minimum Gasteiger partial charge on any atom is -0.344 e. The minimum absolute atomic E-state index is 0.0287. The lowest BCUT2D eigenvalue weighted by Gasteiger charge is -2.08. The van der Waals surface area contributed by atoms with E-state index < -0.39 is 0 Å². The number of rotatable bonds is 4. The maximum Gasteiger partial charge on any atom is 0.209 e. The van der Waals surface area contributed by atoms with Crippen LogP contribution in [0, 0.1) is 6.92 Å². The molecule has 0 N–H and O–H groups in total. The Labute approximate surface area is 141 Å². The Morgan fingerprint density at radius 1 is 1.04 bits per heavy atom. The predicted molar refractivity (Wildman–Crippen MR) is 94.3 cm³/mol. The van der Waals surface area contributed by atoms with Crippen molar-refractivity contribution >= 4 is 17.4 Å². The molecule has 3 aromatic rings. The summed E-state index contributed by atoms with van der Waals surface area (Å²) in [6.45, 7) is 1.98. The van der Waals surface area contributed by atoms with Crippen LogP contribution in [-0.2, 0) is 13.5 Å². The average Bonchev–Trinajstić information content (AvgIpc) is 2.82. The number of aromatic nitrogens is 1. The van der Waals surface area contributed by atoms with Crippen molar-refractivity contribution < 1.29 is 4.79 Å². The highest BCUT2D eigenvalue weighted by molar-refractivity contribution is 6.30. The van der Waals surface area contributed by atoms with Gasteiger partial charge in [-0.3, -0.25) is 4.79 Å². The first-order valence-electron chi connectivity index (χ1n) is 7.55. The fourth-order valence-electron chi connectivity index (χ4n) is 2.87. The minimum atomic E-state index is 0.0287. The molecule has 0 aliphatic carbocycles. The summed E-state index contributed by atoms with van der Waals surface area (Å²) >= 11 is 5.90. The molecule has 2 aromatic carbocycles. The normalized spacial score (nSPS) is 10.7. The van der Waals surface area contributed by atoms with Crippen molar-refractivity contribution in [2.75, 3.05) is 0 Å². The van der Waals surface area contributed by atoms with Gasteiger partial charge in [0.05, 0.1) is 5.69 Å². The first-order chi connectivity index (χ1) is 11.1. The van der Waals surface area contributed by atoms with Gasteiger partial charge in [0.25, 0.3) is 0 Å². The molecule has 0 saturated carbocycles. The molecule has 3 heteroatoms. The average molecular weight is 324 g/mol. The van der Waals surface area contributed by atoms with Crippen LogP contribution in [0.15, 0.2) is 60.7 Å². The topological polar surface area (TPSA) is 22.0 Å². The van der Waals surface area contributed by atoms with E-state index in [-0.39, 0.29) is 5.78 Å². The summed E-state index contributed by atoms with van der Waals surface area (Å²) in [7, 11) is 1.95. The Bertz CT molecular complexity index is 832. The second-order valence-corrected chi connectivity index (χ2v) is 6.16. The molecule has 116 valence electrons. The third-order valence-corrected chi connectivity index (χ3v) is 4.32. The third-order valence-electron chi connectivity index (χ3n) is 4.07. The fraction of sp³-hybridized carbons (Fsp3) is 0.150. The molecule has 23 heavy (non-hydrogen) atoms. The molecule has 0 aliphatic rings. The van der Waals surface area contributed by atoms with Crippen LogP contribution in [0.5, 0.6) is 0 Å². The summed E-state index contributed by atoms with van der Waals surface area (Å²) in [4.78, 5) is 12.8. The van der Waals surface area contributed by atoms with Gasteiger partial charge in [-0.2, -0.15) is 0 Å². The van der Waals surface area contributed by atoms with Crippen LogP contribution in [0.2, 0.25) is 5.02 Å². The van der Waals surface area contributed by atoms with E-state index in [4.69, 9.17) is 11.6 Å². The maximum atomic E-state index is 12.8. The lowest BCUT2D eigenvalue weighted by Crippen LogP contribution is -2.10. The maximum absolute atomic E-state index is 12.8. The lowest BCUT2D eigenvalue weighted by molar-refractivity contribution is 0.103. The van der Waals surface area contributed by atoms with Gasteiger partial charge in [0.15, 0.2) is 0 Å². The molecular weight excluding hydrogens is 306 g/mol. The Hall–Kier alpha value is -2.32. The van der Waals surface area contributed by atoms with E-state index in [2.05, 4.69) is 18.2 Å². The van der Waals surface area contributed by atoms with Gasteiger partial charge in [-0.1, -0.05) is 41.9 Å². The van der Waals surface area contributed by atoms with Gasteiger partial charge < -0.3 is 4.57 Å². The number of hydrogen-bond donors (Lipinski definition) is 0. The summed E-state index contributed by atoms with van der Waals surface area (Å²) in [5.74, 6) is 0.0287. The van der Waals surface area contributed by atoms with Gasteiger partial charge >= 0.3 is 0 Å². The molecule has 0 spiro atoms. The molecule has 1 heterocycles. The monoisotopic (exact) mass is 323 g/mol. The highest BCUT2D eigenvalue weighted by Gasteiger charge is 2.18. The number of carbonyl (C=O) groups is 1. The zero-order valence-corrected chi connectivity index (χ0v) is 14.0. The van der Waals surface area contributed by atoms with Crippen LogP contribution in [0.4, 0.5) is 0 Å². The Morgan fingerprint density at radius 3 is 2.35 bits per heavy atom. The van der Waals surface area contributed by atoms with Gasteiger partial charge in [-0.15, -0.1) is 0 Å². The van der Waals surface area contributed by atoms with Gasteiger partial charge in [-0.25, -0.2) is 0 Å². The highest BCUT2D eigenvalue weighted by Crippen LogP contribution is 2.21. The Balaban J connectivity index is 1.94. The van der Waals surface area contributed by atoms with Crippen molar-refractivity contribution in [2.45, 2.75) is 13.3 Å². The number of benzene rings is 2. The summed E-state index contributed by atoms with van der Waals surface area (Å²) in [6, 6.07) is 19.4. The molecule has 2 nitrogen and oxygen atoms in total. The molecule has 0 amide bonds. The van der Waals surface area contributed by atoms with Crippen molar-refractivity contribution in [1.29, 1.82) is 0 Å². The number of nitrogens with zero attached hydrogens (tertiary/aromatic N) is 1. The zero-order valence-electron chi connectivity index (χ0n) is 13.2. The second kappa shape index (κ2) is 6.43. The molecule has 0 bridgehead atoms. The summed E-state index contributed by atoms with van der Waals surface area (Å²) < 4.78 is 2.00. The standard InChI is InChI=1S/C20H18ClNO/c1-14-12-18(13-15-6-4-3-5-7-15)22(2)19(14)20(23)16-8-10-17(21)11-9-16/h3-12H,13H2,1-2H3. The van der Waals surface area contributed by atoms with Crippen LogP contribution in [-0.4, -0.2) is 10.4 Å². The van der Waals surface area contributed by atoms with E-state index >= 15 is 0 Å². The molecule has 0 fully saturated rings. The van der Waals surface area contributed by atoms with E-state index in [9.17, 15) is 4.79 Å². The van der Waals surface area contributed by atoms with Gasteiger partial charge in [0.1, 0.15) is 0 Å². The van der Waals surface area contributed by atoms with Crippen molar-refractivity contribution in [3.05, 3.63) is 93.8 Å². The van der Waals surface area contributed by atoms with Crippen LogP contribution in [0.1, 0.15) is 32.9 Å². The van der Waals surface area contributed by atoms with Crippen LogP contribution < -0.4 is 0 Å². The number of carbonyl (C=O) groups excluding carboxylic acids is 1. The molecule has 0 unspecified atom stereocenters. The molecule has 1 aromatic heterocycles. The van der Waals surface area contributed by atoms with E-state index in [0.29, 0.717) is 10.6 Å². The zero-order chi connectivity index (χ0) is 16.4. The third kappa shape index (κ3) is 3.22. The van der Waals surface area contributed by atoms with Crippen molar-refractivity contribution in [2.24, 2.45) is 7.05 Å². The quantitative estimate of drug-likeness (QED) is 0.632. The summed E-state index contributed by atoms with van der Waals surface area (Å²) in [6.07, 6.45) is 0.812. The molecule has 3 rings (SSSR count). The lowest BCUT2D eigenvalue weighted by atomic mass is 10.1. The smallest absolute Gasteiger partial charge is 0.209 e. The fourth-order valence-corrected chi connectivity index (χ4v) is 2.99. The first-order valence-corrected chi connectivity index (χ1v) is 7.93. The second-order valence-electron chi connectivity index (χ2n) is 5.72. The summed E-state index contributed by atoms with van der Waals surface area (Å²) in [5, 5.41) is 0.634. The number of ketones is 1. The predicted octanol–water partition coefficient (Wildman–Crippen LogP) is 4.81. The number of hydrogen-bond acceptors (Lipinski definition) is 1. The van der Waals surface area contributed by atoms with Gasteiger partial charge in [0.2, 0.25) is 5.78 Å². The SMILES string of the molecule is Cc1cc(Cc2ccccc2)n(C)c1C(=O)c1ccc(Cl)cc1. The van der Waals surface area contributed by atoms with Gasteiger partial charge in [0, 0.05) is 29.7 Å². The van der Waals surface area contributed by atoms with Crippen LogP contribution >= 0.6 is 11.6 Å². The number of halogens is 1. The molecule has 0 atom stereocenters. The first kappa shape index (κ1) is 15.6. The molecular formula is C20H18ClNO. The molecule has 0 aliphatic heterocycles. The van der Waals surface area contributed by atoms with Crippen molar-refractivity contribution in [3.63, 3.8) is 0 Å². The van der Waals surface area contributed by atoms with Crippen molar-refractivity contribution in [3.8, 4) is 0 Å². The van der Waals surface area contributed by atoms with E-state index in [0.717, 1.165) is 23.4 Å². The Kier molecular flexibility index (Phi) is 4.35. The molecule has 0 saturated heterocycles. The Morgan fingerprint density at radius 2 is 1.70 bits per heavy atom. The number of aryl methyl sites for hydroxylation is 1. The van der Waals surface area contributed by atoms with E-state index in [1.807, 2.05) is 36.7 Å². The van der Waals surface area contributed by atoms with E-state index in [1.165, 1.54) is 5.56 Å². The van der Waals surface area contributed by atoms with Crippen molar-refractivity contribution in [1.82, 2.24) is 4.57 Å². The van der Waals surface area contributed by atoms with Crippen LogP contribution in [0.25, 0.3) is 0 Å². The van der Waals surface area contributed by atoms with Crippen LogP contribution in [0.3, 0.4) is 0 Å². The highest BCUT2D eigenvalue weighted by atomic mass is 35.5. The van der Waals surface area contributed by atoms with E-state index in [1.54, 1.807) is 24.3 Å². The largest absolute Gasteiger partial charge is 0.344 e. The molecule has 0 radical (unpaired) electrons. The van der Waals surface area contributed by atoms with Gasteiger partial charge in [-0.05, 0) is 48.4 Å².